The van der Waals surface area contributed by atoms with E-state index in [0.717, 1.165) is 0 Å². The topological polar surface area (TPSA) is 131 Å². The Bertz CT molecular complexity index is 781. The number of halogens is 2. The molecule has 0 bridgehead atoms. The molecule has 11 heteroatoms. The predicted octanol–water partition coefficient (Wildman–Crippen LogP) is 1.92. The number of hydrogen-bond acceptors (Lipinski definition) is 6. The zero-order chi connectivity index (χ0) is 21.9. The third-order valence-corrected chi connectivity index (χ3v) is 4.76. The van der Waals surface area contributed by atoms with Crippen LogP contribution in [0.15, 0.2) is 12.1 Å². The molecular weight excluding hydrogens is 421 g/mol. The summed E-state index contributed by atoms with van der Waals surface area (Å²) in [5, 5.41) is 2.82. The van der Waals surface area contributed by atoms with Crippen LogP contribution in [0.3, 0.4) is 0 Å². The molecule has 3 amide bonds. The van der Waals surface area contributed by atoms with Crippen molar-refractivity contribution in [2.75, 3.05) is 37.2 Å². The number of benzene rings is 1. The predicted molar refractivity (Wildman–Crippen MR) is 112 cm³/mol. The van der Waals surface area contributed by atoms with Gasteiger partial charge in [0.25, 0.3) is 5.91 Å². The van der Waals surface area contributed by atoms with Gasteiger partial charge in [-0.3, -0.25) is 14.5 Å². The number of rotatable bonds is 4. The average Bonchev–Trinajstić information content (AvgIpc) is 2.57. The summed E-state index contributed by atoms with van der Waals surface area (Å²) in [4.78, 5) is 40.0. The Kier molecular flexibility index (Phi) is 7.20. The standard InChI is InChI=1S/C18H25Cl2N5O4/c1-18(2,3)29-17(28)25-6-4-24(5-7-25)14(15(22)26)16(27)23-13-11(19)8-10(21)9-12(13)20/h8-9,14H,4-7,21H2,1-3H3,(H2,22,26)(H,23,27). The summed E-state index contributed by atoms with van der Waals surface area (Å²) in [5.41, 5.74) is 11.0. The first-order valence-electron chi connectivity index (χ1n) is 8.95. The Labute approximate surface area is 179 Å². The molecular formula is C18H25Cl2N5O4. The van der Waals surface area contributed by atoms with Gasteiger partial charge in [-0.15, -0.1) is 0 Å². The minimum atomic E-state index is -1.25. The highest BCUT2D eigenvalue weighted by Crippen LogP contribution is 2.33. The molecule has 0 aromatic heterocycles. The van der Waals surface area contributed by atoms with E-state index in [9.17, 15) is 14.4 Å². The largest absolute Gasteiger partial charge is 0.444 e. The Hall–Kier alpha value is -2.23. The quantitative estimate of drug-likeness (QED) is 0.479. The van der Waals surface area contributed by atoms with Crippen molar-refractivity contribution in [3.63, 3.8) is 0 Å². The number of primary amides is 1. The van der Waals surface area contributed by atoms with Gasteiger partial charge in [-0.05, 0) is 32.9 Å². The fourth-order valence-corrected chi connectivity index (χ4v) is 3.47. The molecule has 1 heterocycles. The molecule has 2 rings (SSSR count). The summed E-state index contributed by atoms with van der Waals surface area (Å²) in [5.74, 6) is -1.49. The van der Waals surface area contributed by atoms with Crippen molar-refractivity contribution >= 4 is 52.5 Å². The van der Waals surface area contributed by atoms with E-state index in [-0.39, 0.29) is 41.9 Å². The van der Waals surface area contributed by atoms with E-state index in [0.29, 0.717) is 5.69 Å². The van der Waals surface area contributed by atoms with Gasteiger partial charge in [-0.25, -0.2) is 4.79 Å². The molecule has 0 spiro atoms. The zero-order valence-electron chi connectivity index (χ0n) is 16.5. The van der Waals surface area contributed by atoms with Crippen molar-refractivity contribution in [1.82, 2.24) is 9.80 Å². The molecule has 1 aromatic rings. The molecule has 1 aliphatic rings. The van der Waals surface area contributed by atoms with Crippen LogP contribution < -0.4 is 16.8 Å². The summed E-state index contributed by atoms with van der Waals surface area (Å²) in [7, 11) is 0. The van der Waals surface area contributed by atoms with Crippen molar-refractivity contribution in [2.24, 2.45) is 5.73 Å². The number of nitrogens with two attached hydrogens (primary N) is 2. The number of ether oxygens (including phenoxy) is 1. The molecule has 1 atom stereocenters. The summed E-state index contributed by atoms with van der Waals surface area (Å²) in [6.07, 6.45) is -0.447. The first-order valence-corrected chi connectivity index (χ1v) is 9.71. The smallest absolute Gasteiger partial charge is 0.410 e. The van der Waals surface area contributed by atoms with Crippen molar-refractivity contribution in [2.45, 2.75) is 32.4 Å². The molecule has 1 aromatic carbocycles. The lowest BCUT2D eigenvalue weighted by Gasteiger charge is -2.37. The summed E-state index contributed by atoms with van der Waals surface area (Å²) in [6.45, 7) is 6.45. The lowest BCUT2D eigenvalue weighted by Crippen LogP contribution is -2.59. The average molecular weight is 446 g/mol. The lowest BCUT2D eigenvalue weighted by atomic mass is 10.1. The van der Waals surface area contributed by atoms with Crippen molar-refractivity contribution in [3.05, 3.63) is 22.2 Å². The number of anilines is 2. The van der Waals surface area contributed by atoms with Gasteiger partial charge in [0.05, 0.1) is 15.7 Å². The molecule has 0 radical (unpaired) electrons. The van der Waals surface area contributed by atoms with Crippen LogP contribution in [0, 0.1) is 0 Å². The number of nitrogens with one attached hydrogen (secondary N) is 1. The highest BCUT2D eigenvalue weighted by Gasteiger charge is 2.35. The van der Waals surface area contributed by atoms with Gasteiger partial charge >= 0.3 is 6.09 Å². The minimum Gasteiger partial charge on any atom is -0.444 e. The number of carbonyl (C=O) groups is 3. The maximum absolute atomic E-state index is 12.7. The van der Waals surface area contributed by atoms with Gasteiger partial charge in [0, 0.05) is 31.9 Å². The third-order valence-electron chi connectivity index (χ3n) is 4.16. The zero-order valence-corrected chi connectivity index (χ0v) is 18.0. The molecule has 29 heavy (non-hydrogen) atoms. The molecule has 1 unspecified atom stereocenters. The monoisotopic (exact) mass is 445 g/mol. The van der Waals surface area contributed by atoms with Crippen molar-refractivity contribution < 1.29 is 19.1 Å². The van der Waals surface area contributed by atoms with Crippen LogP contribution in [0.25, 0.3) is 0 Å². The van der Waals surface area contributed by atoms with Gasteiger partial charge < -0.3 is 26.4 Å². The van der Waals surface area contributed by atoms with Gasteiger partial charge in [0.1, 0.15) is 5.60 Å². The Balaban J connectivity index is 2.07. The van der Waals surface area contributed by atoms with Crippen LogP contribution in [-0.4, -0.2) is 65.5 Å². The second-order valence-electron chi connectivity index (χ2n) is 7.66. The van der Waals surface area contributed by atoms with Crippen LogP contribution in [0.2, 0.25) is 10.0 Å². The summed E-state index contributed by atoms with van der Waals surface area (Å²) < 4.78 is 5.34. The molecule has 160 valence electrons. The maximum atomic E-state index is 12.7. The molecule has 0 aliphatic carbocycles. The van der Waals surface area contributed by atoms with Gasteiger partial charge in [-0.1, -0.05) is 23.2 Å². The van der Waals surface area contributed by atoms with E-state index in [4.69, 9.17) is 39.4 Å². The maximum Gasteiger partial charge on any atom is 0.410 e. The number of nitrogen functional groups attached to an aromatic ring is 1. The van der Waals surface area contributed by atoms with Gasteiger partial charge in [-0.2, -0.15) is 0 Å². The Morgan fingerprint density at radius 2 is 1.62 bits per heavy atom. The molecule has 1 aliphatic heterocycles. The third kappa shape index (κ3) is 6.12. The van der Waals surface area contributed by atoms with E-state index < -0.39 is 29.6 Å². The van der Waals surface area contributed by atoms with E-state index >= 15 is 0 Å². The van der Waals surface area contributed by atoms with Crippen LogP contribution >= 0.6 is 23.2 Å². The SMILES string of the molecule is CC(C)(C)OC(=O)N1CCN(C(C(N)=O)C(=O)Nc2c(Cl)cc(N)cc2Cl)CC1. The number of hydrogen-bond donors (Lipinski definition) is 3. The van der Waals surface area contributed by atoms with E-state index in [1.807, 2.05) is 0 Å². The summed E-state index contributed by atoms with van der Waals surface area (Å²) >= 11 is 12.2. The minimum absolute atomic E-state index is 0.140. The van der Waals surface area contributed by atoms with Gasteiger partial charge in [0.2, 0.25) is 5.91 Å². The van der Waals surface area contributed by atoms with Crippen LogP contribution in [-0.2, 0) is 14.3 Å². The molecule has 1 fully saturated rings. The first-order chi connectivity index (χ1) is 13.4. The van der Waals surface area contributed by atoms with Crippen LogP contribution in [0.5, 0.6) is 0 Å². The number of amides is 3. The van der Waals surface area contributed by atoms with Crippen LogP contribution in [0.1, 0.15) is 20.8 Å². The second kappa shape index (κ2) is 9.06. The molecule has 5 N–H and O–H groups in total. The number of carbonyl (C=O) groups excluding carboxylic acids is 3. The molecule has 0 saturated carbocycles. The van der Waals surface area contributed by atoms with Crippen molar-refractivity contribution in [1.29, 1.82) is 0 Å². The molecule has 1 saturated heterocycles. The normalized spacial score (nSPS) is 16.2. The highest BCUT2D eigenvalue weighted by atomic mass is 35.5. The Morgan fingerprint density at radius 3 is 2.07 bits per heavy atom. The lowest BCUT2D eigenvalue weighted by molar-refractivity contribution is -0.133. The highest BCUT2D eigenvalue weighted by molar-refractivity contribution is 6.40. The fourth-order valence-electron chi connectivity index (χ4n) is 2.87. The van der Waals surface area contributed by atoms with Crippen LogP contribution in [0.4, 0.5) is 16.2 Å². The fraction of sp³-hybridized carbons (Fsp3) is 0.500. The van der Waals surface area contributed by atoms with E-state index in [1.165, 1.54) is 17.0 Å². The number of piperazine rings is 1. The molecule has 9 nitrogen and oxygen atoms in total. The number of nitrogens with zero attached hydrogens (tertiary/aromatic N) is 2. The van der Waals surface area contributed by atoms with E-state index in [2.05, 4.69) is 5.32 Å². The van der Waals surface area contributed by atoms with Crippen molar-refractivity contribution in [3.8, 4) is 0 Å². The van der Waals surface area contributed by atoms with E-state index in [1.54, 1.807) is 25.7 Å². The summed E-state index contributed by atoms with van der Waals surface area (Å²) in [6, 6.07) is 1.62. The Morgan fingerprint density at radius 1 is 1.10 bits per heavy atom. The first kappa shape index (κ1) is 23.1. The second-order valence-corrected chi connectivity index (χ2v) is 8.47. The van der Waals surface area contributed by atoms with Gasteiger partial charge in [0.15, 0.2) is 6.04 Å².